The summed E-state index contributed by atoms with van der Waals surface area (Å²) in [6.45, 7) is 7.68. The van der Waals surface area contributed by atoms with Gasteiger partial charge in [-0.05, 0) is 19.8 Å². The van der Waals surface area contributed by atoms with E-state index >= 15 is 0 Å². The first-order valence-corrected chi connectivity index (χ1v) is 6.89. The van der Waals surface area contributed by atoms with E-state index in [4.69, 9.17) is 16.1 Å². The molecular weight excluding hydrogens is 282 g/mol. The highest BCUT2D eigenvalue weighted by Crippen LogP contribution is 2.09. The molecule has 1 heterocycles. The van der Waals surface area contributed by atoms with Crippen molar-refractivity contribution in [3.8, 4) is 0 Å². The zero-order valence-electron chi connectivity index (χ0n) is 12.1. The normalized spacial score (nSPS) is 12.3. The summed E-state index contributed by atoms with van der Waals surface area (Å²) in [6, 6.07) is 1.61. The van der Waals surface area contributed by atoms with Crippen LogP contribution in [0.3, 0.4) is 0 Å². The fraction of sp³-hybridized carbons (Fsp3) is 0.615. The highest BCUT2D eigenvalue weighted by molar-refractivity contribution is 6.30. The van der Waals surface area contributed by atoms with Crippen LogP contribution >= 0.6 is 11.6 Å². The van der Waals surface area contributed by atoms with Crippen molar-refractivity contribution in [1.29, 1.82) is 0 Å². The van der Waals surface area contributed by atoms with E-state index in [1.54, 1.807) is 19.9 Å². The summed E-state index contributed by atoms with van der Waals surface area (Å²) in [4.78, 5) is 25.3. The number of halogens is 1. The lowest BCUT2D eigenvalue weighted by atomic mass is 10.2. The predicted octanol–water partition coefficient (Wildman–Crippen LogP) is 2.03. The van der Waals surface area contributed by atoms with Crippen molar-refractivity contribution in [1.82, 2.24) is 10.1 Å². The molecule has 0 saturated heterocycles. The second-order valence-corrected chi connectivity index (χ2v) is 5.75. The molecule has 0 radical (unpaired) electrons. The number of carbonyl (C=O) groups is 2. The van der Waals surface area contributed by atoms with Crippen LogP contribution in [0.1, 0.15) is 26.5 Å². The third-order valence-corrected chi connectivity index (χ3v) is 2.65. The summed E-state index contributed by atoms with van der Waals surface area (Å²) in [5.41, 5.74) is 0. The minimum atomic E-state index is -0.657. The lowest BCUT2D eigenvalue weighted by Crippen LogP contribution is -2.43. The Hall–Kier alpha value is -1.56. The minimum Gasteiger partial charge on any atom is -0.360 e. The van der Waals surface area contributed by atoms with Gasteiger partial charge in [-0.15, -0.1) is 11.6 Å². The number of anilines is 1. The van der Waals surface area contributed by atoms with Crippen molar-refractivity contribution in [3.05, 3.63) is 11.8 Å². The molecule has 0 aliphatic carbocycles. The number of carbonyl (C=O) groups excluding carboxylic acids is 2. The Labute approximate surface area is 123 Å². The quantitative estimate of drug-likeness (QED) is 0.816. The van der Waals surface area contributed by atoms with Gasteiger partial charge in [-0.3, -0.25) is 9.59 Å². The van der Waals surface area contributed by atoms with E-state index in [2.05, 4.69) is 10.5 Å². The summed E-state index contributed by atoms with van der Waals surface area (Å²) < 4.78 is 4.85. The first-order valence-electron chi connectivity index (χ1n) is 6.45. The number of hydrogen-bond donors (Lipinski definition) is 1. The van der Waals surface area contributed by atoms with Crippen LogP contribution in [-0.4, -0.2) is 40.3 Å². The van der Waals surface area contributed by atoms with Gasteiger partial charge in [0.2, 0.25) is 11.8 Å². The van der Waals surface area contributed by atoms with E-state index in [9.17, 15) is 9.59 Å². The van der Waals surface area contributed by atoms with Gasteiger partial charge in [0.25, 0.3) is 0 Å². The lowest BCUT2D eigenvalue weighted by molar-refractivity contribution is -0.134. The third-order valence-electron chi connectivity index (χ3n) is 2.47. The maximum Gasteiger partial charge on any atom is 0.245 e. The van der Waals surface area contributed by atoms with E-state index in [0.29, 0.717) is 18.1 Å². The number of hydrogen-bond acceptors (Lipinski definition) is 4. The number of nitrogens with zero attached hydrogens (tertiary/aromatic N) is 2. The SMILES string of the molecule is Cc1cc(NC(=O)CN(CC(C)C)C(=O)C(C)Cl)no1. The summed E-state index contributed by atoms with van der Waals surface area (Å²) in [5, 5.41) is 5.59. The molecule has 1 aromatic heterocycles. The number of aryl methyl sites for hydroxylation is 1. The van der Waals surface area contributed by atoms with Crippen LogP contribution in [0.15, 0.2) is 10.6 Å². The predicted molar refractivity (Wildman–Crippen MR) is 76.6 cm³/mol. The number of nitrogens with one attached hydrogen (secondary N) is 1. The number of aromatic nitrogens is 1. The molecule has 1 rings (SSSR count). The average Bonchev–Trinajstić information content (AvgIpc) is 2.71. The Bertz CT molecular complexity index is 471. The molecule has 0 bridgehead atoms. The number of alkyl halides is 1. The molecule has 7 heteroatoms. The third kappa shape index (κ3) is 5.21. The molecule has 20 heavy (non-hydrogen) atoms. The topological polar surface area (TPSA) is 75.4 Å². The molecule has 0 aliphatic rings. The van der Waals surface area contributed by atoms with E-state index in [1.807, 2.05) is 13.8 Å². The van der Waals surface area contributed by atoms with Crippen LogP contribution in [0.4, 0.5) is 5.82 Å². The van der Waals surface area contributed by atoms with Gasteiger partial charge in [0, 0.05) is 12.6 Å². The summed E-state index contributed by atoms with van der Waals surface area (Å²) >= 11 is 5.80. The molecule has 0 spiro atoms. The summed E-state index contributed by atoms with van der Waals surface area (Å²) in [6.07, 6.45) is 0. The van der Waals surface area contributed by atoms with Gasteiger partial charge in [0.15, 0.2) is 5.82 Å². The first kappa shape index (κ1) is 16.5. The van der Waals surface area contributed by atoms with E-state index in [1.165, 1.54) is 4.90 Å². The minimum absolute atomic E-state index is 0.0556. The molecule has 1 unspecified atom stereocenters. The fourth-order valence-corrected chi connectivity index (χ4v) is 1.84. The Balaban J connectivity index is 2.64. The fourth-order valence-electron chi connectivity index (χ4n) is 1.71. The zero-order chi connectivity index (χ0) is 15.3. The van der Waals surface area contributed by atoms with Gasteiger partial charge in [0.05, 0.1) is 6.54 Å². The molecule has 0 fully saturated rings. The smallest absolute Gasteiger partial charge is 0.245 e. The molecule has 1 aromatic rings. The Morgan fingerprint density at radius 2 is 2.10 bits per heavy atom. The average molecular weight is 302 g/mol. The van der Waals surface area contributed by atoms with Gasteiger partial charge >= 0.3 is 0 Å². The standard InChI is InChI=1S/C13H20ClN3O3/c1-8(2)6-17(13(19)10(4)14)7-12(18)15-11-5-9(3)20-16-11/h5,8,10H,6-7H2,1-4H3,(H,15,16,18). The highest BCUT2D eigenvalue weighted by atomic mass is 35.5. The van der Waals surface area contributed by atoms with Gasteiger partial charge in [-0.2, -0.15) is 0 Å². The maximum absolute atomic E-state index is 12.0. The van der Waals surface area contributed by atoms with Crippen LogP contribution < -0.4 is 5.32 Å². The van der Waals surface area contributed by atoms with Crippen molar-refractivity contribution in [2.75, 3.05) is 18.4 Å². The number of rotatable bonds is 6. The van der Waals surface area contributed by atoms with Gasteiger partial charge in [0.1, 0.15) is 11.1 Å². The van der Waals surface area contributed by atoms with E-state index in [-0.39, 0.29) is 24.3 Å². The summed E-state index contributed by atoms with van der Waals surface area (Å²) in [7, 11) is 0. The second kappa shape index (κ2) is 7.28. The largest absolute Gasteiger partial charge is 0.360 e. The van der Waals surface area contributed by atoms with Gasteiger partial charge in [-0.1, -0.05) is 19.0 Å². The van der Waals surface area contributed by atoms with Crippen LogP contribution in [0.5, 0.6) is 0 Å². The van der Waals surface area contributed by atoms with Crippen LogP contribution in [-0.2, 0) is 9.59 Å². The monoisotopic (exact) mass is 301 g/mol. The Kier molecular flexibility index (Phi) is 6.01. The number of amides is 2. The van der Waals surface area contributed by atoms with Crippen molar-refractivity contribution < 1.29 is 14.1 Å². The highest BCUT2D eigenvalue weighted by Gasteiger charge is 2.22. The Morgan fingerprint density at radius 1 is 1.45 bits per heavy atom. The van der Waals surface area contributed by atoms with Gasteiger partial charge < -0.3 is 14.7 Å². The molecule has 2 amide bonds. The van der Waals surface area contributed by atoms with E-state index in [0.717, 1.165) is 0 Å². The van der Waals surface area contributed by atoms with Crippen LogP contribution in [0, 0.1) is 12.8 Å². The first-order chi connectivity index (χ1) is 9.29. The van der Waals surface area contributed by atoms with Crippen molar-refractivity contribution in [2.24, 2.45) is 5.92 Å². The second-order valence-electron chi connectivity index (χ2n) is 5.10. The van der Waals surface area contributed by atoms with Crippen molar-refractivity contribution in [3.63, 3.8) is 0 Å². The zero-order valence-corrected chi connectivity index (χ0v) is 12.9. The molecule has 0 aliphatic heterocycles. The lowest BCUT2D eigenvalue weighted by Gasteiger charge is -2.24. The molecule has 0 aromatic carbocycles. The van der Waals surface area contributed by atoms with Crippen LogP contribution in [0.2, 0.25) is 0 Å². The molecule has 1 atom stereocenters. The molecule has 112 valence electrons. The van der Waals surface area contributed by atoms with E-state index < -0.39 is 5.38 Å². The van der Waals surface area contributed by atoms with Crippen molar-refractivity contribution in [2.45, 2.75) is 33.1 Å². The maximum atomic E-state index is 12.0. The van der Waals surface area contributed by atoms with Crippen LogP contribution in [0.25, 0.3) is 0 Å². The molecule has 0 saturated carbocycles. The Morgan fingerprint density at radius 3 is 2.55 bits per heavy atom. The van der Waals surface area contributed by atoms with Crippen molar-refractivity contribution >= 4 is 29.2 Å². The summed E-state index contributed by atoms with van der Waals surface area (Å²) in [5.74, 6) is 0.598. The molecule has 6 nitrogen and oxygen atoms in total. The molecule has 1 N–H and O–H groups in total. The van der Waals surface area contributed by atoms with Gasteiger partial charge in [-0.25, -0.2) is 0 Å². The molecular formula is C13H20ClN3O3.